The number of amides is 1. The van der Waals surface area contributed by atoms with Gasteiger partial charge in [0.1, 0.15) is 0 Å². The minimum absolute atomic E-state index is 0.113. The van der Waals surface area contributed by atoms with Crippen molar-refractivity contribution in [3.8, 4) is 0 Å². The van der Waals surface area contributed by atoms with Gasteiger partial charge >= 0.3 is 5.97 Å². The molecule has 0 saturated heterocycles. The van der Waals surface area contributed by atoms with Gasteiger partial charge in [0.2, 0.25) is 0 Å². The topological polar surface area (TPSA) is 55.4 Å². The van der Waals surface area contributed by atoms with Crippen molar-refractivity contribution in [3.63, 3.8) is 0 Å². The maximum Gasteiger partial charge on any atom is 0.336 e. The largest absolute Gasteiger partial charge is 0.340 e. The summed E-state index contributed by atoms with van der Waals surface area (Å²) in [6.07, 6.45) is 0.234. The Balaban J connectivity index is 1.76. The minimum Gasteiger partial charge on any atom is -0.340 e. The number of halogens is 1. The molecule has 0 atom stereocenters. The molecule has 0 aliphatic heterocycles. The Morgan fingerprint density at radius 1 is 0.905 bits per heavy atom. The second-order valence-electron chi connectivity index (χ2n) is 4.46. The predicted molar refractivity (Wildman–Crippen MR) is 79.5 cm³/mol. The predicted octanol–water partition coefficient (Wildman–Crippen LogP) is 2.70. The summed E-state index contributed by atoms with van der Waals surface area (Å²) in [4.78, 5) is 27.9. The summed E-state index contributed by atoms with van der Waals surface area (Å²) in [6.45, 7) is 0. The molecule has 2 aromatic carbocycles. The lowest BCUT2D eigenvalue weighted by Gasteiger charge is -2.06. The molecule has 0 saturated carbocycles. The van der Waals surface area contributed by atoms with Gasteiger partial charge in [0, 0.05) is 5.02 Å². The molecular formula is C16H14ClNO3. The van der Waals surface area contributed by atoms with Gasteiger partial charge in [0.05, 0.1) is 12.8 Å². The van der Waals surface area contributed by atoms with Crippen molar-refractivity contribution in [1.82, 2.24) is 5.48 Å². The van der Waals surface area contributed by atoms with Crippen LogP contribution in [0.3, 0.4) is 0 Å². The van der Waals surface area contributed by atoms with E-state index in [1.165, 1.54) is 0 Å². The lowest BCUT2D eigenvalue weighted by Crippen LogP contribution is -2.29. The quantitative estimate of drug-likeness (QED) is 0.884. The first-order chi connectivity index (χ1) is 10.1. The molecule has 0 fully saturated rings. The maximum absolute atomic E-state index is 11.6. The molecule has 1 amide bonds. The van der Waals surface area contributed by atoms with Crippen LogP contribution in [0.15, 0.2) is 54.6 Å². The molecule has 4 nitrogen and oxygen atoms in total. The summed E-state index contributed by atoms with van der Waals surface area (Å²) in [6, 6.07) is 16.1. The Morgan fingerprint density at radius 2 is 1.52 bits per heavy atom. The second-order valence-corrected chi connectivity index (χ2v) is 4.90. The molecular weight excluding hydrogens is 290 g/mol. The van der Waals surface area contributed by atoms with Crippen molar-refractivity contribution in [3.05, 3.63) is 70.7 Å². The van der Waals surface area contributed by atoms with Crippen molar-refractivity contribution in [2.75, 3.05) is 0 Å². The standard InChI is InChI=1S/C16H14ClNO3/c17-14-8-6-13(7-9-14)10-15(19)18-21-16(20)11-12-4-2-1-3-5-12/h1-9H,10-11H2,(H,18,19). The molecule has 2 aromatic rings. The smallest absolute Gasteiger partial charge is 0.336 e. The Bertz CT molecular complexity index is 611. The van der Waals surface area contributed by atoms with Crippen LogP contribution >= 0.6 is 11.6 Å². The van der Waals surface area contributed by atoms with Crippen LogP contribution in [0.2, 0.25) is 5.02 Å². The lowest BCUT2D eigenvalue weighted by molar-refractivity contribution is -0.157. The summed E-state index contributed by atoms with van der Waals surface area (Å²) < 4.78 is 0. The molecule has 0 aromatic heterocycles. The first-order valence-corrected chi connectivity index (χ1v) is 6.78. The third kappa shape index (κ3) is 5.28. The van der Waals surface area contributed by atoms with Gasteiger partial charge in [-0.05, 0) is 23.3 Å². The van der Waals surface area contributed by atoms with Crippen molar-refractivity contribution >= 4 is 23.5 Å². The van der Waals surface area contributed by atoms with Crippen LogP contribution in [0.1, 0.15) is 11.1 Å². The molecule has 0 aliphatic carbocycles. The van der Waals surface area contributed by atoms with E-state index in [4.69, 9.17) is 16.4 Å². The van der Waals surface area contributed by atoms with E-state index in [0.29, 0.717) is 5.02 Å². The fourth-order valence-corrected chi connectivity index (χ4v) is 1.86. The van der Waals surface area contributed by atoms with Gasteiger partial charge in [-0.15, -0.1) is 0 Å². The summed E-state index contributed by atoms with van der Waals surface area (Å²) in [7, 11) is 0. The Labute approximate surface area is 127 Å². The Hall–Kier alpha value is -2.33. The van der Waals surface area contributed by atoms with E-state index in [9.17, 15) is 9.59 Å². The number of carbonyl (C=O) groups excluding carboxylic acids is 2. The zero-order chi connectivity index (χ0) is 15.1. The van der Waals surface area contributed by atoms with Crippen LogP contribution in [0.25, 0.3) is 0 Å². The molecule has 0 spiro atoms. The second kappa shape index (κ2) is 7.45. The van der Waals surface area contributed by atoms with E-state index in [1.807, 2.05) is 30.3 Å². The normalized spacial score (nSPS) is 9.95. The maximum atomic E-state index is 11.6. The fourth-order valence-electron chi connectivity index (χ4n) is 1.74. The monoisotopic (exact) mass is 303 g/mol. The zero-order valence-corrected chi connectivity index (χ0v) is 12.0. The molecule has 0 bridgehead atoms. The molecule has 2 rings (SSSR count). The molecule has 108 valence electrons. The average molecular weight is 304 g/mol. The first kappa shape index (κ1) is 15.1. The van der Waals surface area contributed by atoms with E-state index in [2.05, 4.69) is 5.48 Å². The van der Waals surface area contributed by atoms with Crippen LogP contribution in [0.4, 0.5) is 0 Å². The van der Waals surface area contributed by atoms with Crippen molar-refractivity contribution in [1.29, 1.82) is 0 Å². The van der Waals surface area contributed by atoms with Gasteiger partial charge < -0.3 is 4.84 Å². The SMILES string of the molecule is O=C(Cc1ccc(Cl)cc1)NOC(=O)Cc1ccccc1. The minimum atomic E-state index is -0.509. The highest BCUT2D eigenvalue weighted by Crippen LogP contribution is 2.09. The van der Waals surface area contributed by atoms with E-state index < -0.39 is 11.9 Å². The van der Waals surface area contributed by atoms with Crippen LogP contribution in [-0.4, -0.2) is 11.9 Å². The number of rotatable bonds is 4. The third-order valence-electron chi connectivity index (χ3n) is 2.75. The molecule has 1 N–H and O–H groups in total. The van der Waals surface area contributed by atoms with Gasteiger partial charge in [-0.3, -0.25) is 4.79 Å². The summed E-state index contributed by atoms with van der Waals surface area (Å²) >= 11 is 5.76. The van der Waals surface area contributed by atoms with Crippen molar-refractivity contribution in [2.45, 2.75) is 12.8 Å². The number of hydrogen-bond acceptors (Lipinski definition) is 3. The molecule has 0 heterocycles. The molecule has 0 unspecified atom stereocenters. The van der Waals surface area contributed by atoms with Crippen molar-refractivity contribution < 1.29 is 14.4 Å². The Kier molecular flexibility index (Phi) is 5.35. The van der Waals surface area contributed by atoms with Gasteiger partial charge in [-0.25, -0.2) is 4.79 Å². The van der Waals surface area contributed by atoms with Crippen LogP contribution < -0.4 is 5.48 Å². The van der Waals surface area contributed by atoms with E-state index in [-0.39, 0.29) is 12.8 Å². The number of carbonyl (C=O) groups is 2. The molecule has 0 aliphatic rings. The number of benzene rings is 2. The van der Waals surface area contributed by atoms with Gasteiger partial charge in [0.25, 0.3) is 5.91 Å². The molecule has 5 heteroatoms. The van der Waals surface area contributed by atoms with Crippen LogP contribution in [0, 0.1) is 0 Å². The van der Waals surface area contributed by atoms with E-state index >= 15 is 0 Å². The highest BCUT2D eigenvalue weighted by atomic mass is 35.5. The lowest BCUT2D eigenvalue weighted by atomic mass is 10.1. The third-order valence-corrected chi connectivity index (χ3v) is 3.00. The van der Waals surface area contributed by atoms with Crippen LogP contribution in [-0.2, 0) is 27.3 Å². The van der Waals surface area contributed by atoms with Crippen LogP contribution in [0.5, 0.6) is 0 Å². The number of hydrogen-bond donors (Lipinski definition) is 1. The summed E-state index contributed by atoms with van der Waals surface area (Å²) in [5.74, 6) is -0.899. The highest BCUT2D eigenvalue weighted by molar-refractivity contribution is 6.30. The Morgan fingerprint density at radius 3 is 2.19 bits per heavy atom. The summed E-state index contributed by atoms with van der Waals surface area (Å²) in [5, 5.41) is 0.605. The van der Waals surface area contributed by atoms with E-state index in [1.54, 1.807) is 24.3 Å². The summed E-state index contributed by atoms with van der Waals surface area (Å²) in [5.41, 5.74) is 3.76. The molecule has 21 heavy (non-hydrogen) atoms. The van der Waals surface area contributed by atoms with Gasteiger partial charge in [-0.1, -0.05) is 54.1 Å². The highest BCUT2D eigenvalue weighted by Gasteiger charge is 2.08. The van der Waals surface area contributed by atoms with E-state index in [0.717, 1.165) is 11.1 Å². The zero-order valence-electron chi connectivity index (χ0n) is 11.2. The fraction of sp³-hybridized carbons (Fsp3) is 0.125. The van der Waals surface area contributed by atoms with Gasteiger partial charge in [0.15, 0.2) is 0 Å². The number of nitrogens with one attached hydrogen (secondary N) is 1. The van der Waals surface area contributed by atoms with Gasteiger partial charge in [-0.2, -0.15) is 5.48 Å². The first-order valence-electron chi connectivity index (χ1n) is 6.40. The molecule has 0 radical (unpaired) electrons. The number of hydroxylamine groups is 1. The average Bonchev–Trinajstić information content (AvgIpc) is 2.49. The van der Waals surface area contributed by atoms with Crippen molar-refractivity contribution in [2.24, 2.45) is 0 Å².